The molecule has 0 bridgehead atoms. The van der Waals surface area contributed by atoms with Crippen molar-refractivity contribution in [2.24, 2.45) is 17.8 Å². The van der Waals surface area contributed by atoms with Gasteiger partial charge in [0.2, 0.25) is 0 Å². The fourth-order valence-corrected chi connectivity index (χ4v) is 3.59. The quantitative estimate of drug-likeness (QED) is 0.617. The topological polar surface area (TPSA) is 75.7 Å². The molecular formula is C17H22N2O4. The van der Waals surface area contributed by atoms with Crippen molar-refractivity contribution in [1.29, 1.82) is 0 Å². The summed E-state index contributed by atoms with van der Waals surface area (Å²) in [6, 6.07) is 0. The standard InChI is InChI=1S/C17H22N2O4/c20-15-7-8-16(21)19(15)10-9-18-17(22)23-11-14-12-5-3-1-2-4-6-13(12)14/h1-2,7-8,12-14H,3-6,9-11H2,(H,18,22)/b2-1+/t12-,13+,14+. The smallest absolute Gasteiger partial charge is 0.407 e. The Kier molecular flexibility index (Phi) is 4.79. The first-order chi connectivity index (χ1) is 11.2. The van der Waals surface area contributed by atoms with Crippen LogP contribution in [0, 0.1) is 17.8 Å². The van der Waals surface area contributed by atoms with E-state index in [1.165, 1.54) is 25.0 Å². The van der Waals surface area contributed by atoms with Gasteiger partial charge in [0.25, 0.3) is 11.8 Å². The Morgan fingerprint density at radius 3 is 2.35 bits per heavy atom. The Hall–Kier alpha value is -2.11. The molecule has 1 aliphatic heterocycles. The van der Waals surface area contributed by atoms with Gasteiger partial charge in [-0.3, -0.25) is 14.5 Å². The highest BCUT2D eigenvalue weighted by Gasteiger charge is 2.49. The third-order valence-electron chi connectivity index (χ3n) is 4.92. The number of hydrogen-bond donors (Lipinski definition) is 1. The number of hydrogen-bond acceptors (Lipinski definition) is 4. The van der Waals surface area contributed by atoms with Crippen LogP contribution in [0.25, 0.3) is 0 Å². The molecule has 3 aliphatic rings. The van der Waals surface area contributed by atoms with Crippen molar-refractivity contribution in [2.75, 3.05) is 19.7 Å². The molecule has 0 spiro atoms. The van der Waals surface area contributed by atoms with E-state index in [0.29, 0.717) is 24.4 Å². The first-order valence-corrected chi connectivity index (χ1v) is 8.26. The molecule has 2 aliphatic carbocycles. The fourth-order valence-electron chi connectivity index (χ4n) is 3.59. The second-order valence-corrected chi connectivity index (χ2v) is 6.30. The fraction of sp³-hybridized carbons (Fsp3) is 0.588. The summed E-state index contributed by atoms with van der Waals surface area (Å²) < 4.78 is 5.28. The number of allylic oxidation sites excluding steroid dienone is 2. The van der Waals surface area contributed by atoms with E-state index in [2.05, 4.69) is 17.5 Å². The summed E-state index contributed by atoms with van der Waals surface area (Å²) in [7, 11) is 0. The van der Waals surface area contributed by atoms with Crippen LogP contribution < -0.4 is 5.32 Å². The molecule has 0 saturated heterocycles. The molecule has 1 heterocycles. The second-order valence-electron chi connectivity index (χ2n) is 6.30. The van der Waals surface area contributed by atoms with Gasteiger partial charge in [-0.05, 0) is 43.4 Å². The van der Waals surface area contributed by atoms with Crippen LogP contribution >= 0.6 is 0 Å². The average molecular weight is 318 g/mol. The van der Waals surface area contributed by atoms with Gasteiger partial charge in [-0.1, -0.05) is 12.2 Å². The predicted molar refractivity (Wildman–Crippen MR) is 83.3 cm³/mol. The van der Waals surface area contributed by atoms with Crippen LogP contribution in [0.2, 0.25) is 0 Å². The second kappa shape index (κ2) is 6.98. The molecular weight excluding hydrogens is 296 g/mol. The minimum atomic E-state index is -0.477. The summed E-state index contributed by atoms with van der Waals surface area (Å²) in [5.41, 5.74) is 0. The molecule has 0 aromatic heterocycles. The molecule has 23 heavy (non-hydrogen) atoms. The van der Waals surface area contributed by atoms with E-state index in [1.54, 1.807) is 0 Å². The van der Waals surface area contributed by atoms with Crippen molar-refractivity contribution >= 4 is 17.9 Å². The van der Waals surface area contributed by atoms with Crippen molar-refractivity contribution < 1.29 is 19.1 Å². The van der Waals surface area contributed by atoms with E-state index in [1.807, 2.05) is 0 Å². The van der Waals surface area contributed by atoms with Crippen LogP contribution in [-0.4, -0.2) is 42.5 Å². The van der Waals surface area contributed by atoms with E-state index >= 15 is 0 Å². The van der Waals surface area contributed by atoms with Gasteiger partial charge < -0.3 is 10.1 Å². The molecule has 6 heteroatoms. The molecule has 0 aromatic carbocycles. The number of ether oxygens (including phenoxy) is 1. The minimum Gasteiger partial charge on any atom is -0.449 e. The van der Waals surface area contributed by atoms with Gasteiger partial charge in [-0.25, -0.2) is 4.79 Å². The van der Waals surface area contributed by atoms with Crippen LogP contribution in [0.1, 0.15) is 25.7 Å². The molecule has 3 rings (SSSR count). The maximum absolute atomic E-state index is 11.7. The number of carbonyl (C=O) groups is 3. The summed E-state index contributed by atoms with van der Waals surface area (Å²) in [5.74, 6) is 1.20. The monoisotopic (exact) mass is 318 g/mol. The van der Waals surface area contributed by atoms with Crippen LogP contribution in [0.4, 0.5) is 4.79 Å². The Balaban J connectivity index is 1.31. The number of rotatable bonds is 5. The van der Waals surface area contributed by atoms with Crippen LogP contribution in [0.15, 0.2) is 24.3 Å². The van der Waals surface area contributed by atoms with Gasteiger partial charge in [0.15, 0.2) is 0 Å². The van der Waals surface area contributed by atoms with E-state index in [-0.39, 0.29) is 24.9 Å². The zero-order chi connectivity index (χ0) is 16.2. The van der Waals surface area contributed by atoms with Crippen molar-refractivity contribution in [3.63, 3.8) is 0 Å². The summed E-state index contributed by atoms with van der Waals surface area (Å²) in [4.78, 5) is 35.5. The van der Waals surface area contributed by atoms with Gasteiger partial charge in [-0.15, -0.1) is 0 Å². The Labute approximate surface area is 135 Å². The Morgan fingerprint density at radius 2 is 1.74 bits per heavy atom. The molecule has 0 radical (unpaired) electrons. The maximum Gasteiger partial charge on any atom is 0.407 e. The number of nitrogens with one attached hydrogen (secondary N) is 1. The van der Waals surface area contributed by atoms with Crippen LogP contribution in [0.3, 0.4) is 0 Å². The summed E-state index contributed by atoms with van der Waals surface area (Å²) in [6.07, 6.45) is 11.1. The minimum absolute atomic E-state index is 0.167. The number of imide groups is 1. The van der Waals surface area contributed by atoms with Gasteiger partial charge in [-0.2, -0.15) is 0 Å². The summed E-state index contributed by atoms with van der Waals surface area (Å²) >= 11 is 0. The van der Waals surface area contributed by atoms with Gasteiger partial charge in [0, 0.05) is 25.2 Å². The number of nitrogens with zero attached hydrogens (tertiary/aromatic N) is 1. The molecule has 3 amide bonds. The van der Waals surface area contributed by atoms with Crippen molar-refractivity contribution in [3.8, 4) is 0 Å². The lowest BCUT2D eigenvalue weighted by atomic mass is 10.1. The third kappa shape index (κ3) is 3.81. The predicted octanol–water partition coefficient (Wildman–Crippen LogP) is 1.63. The van der Waals surface area contributed by atoms with Gasteiger partial charge >= 0.3 is 6.09 Å². The van der Waals surface area contributed by atoms with Crippen molar-refractivity contribution in [1.82, 2.24) is 10.2 Å². The highest BCUT2D eigenvalue weighted by atomic mass is 16.5. The van der Waals surface area contributed by atoms with E-state index < -0.39 is 6.09 Å². The summed E-state index contributed by atoms with van der Waals surface area (Å²) in [5, 5.41) is 2.59. The average Bonchev–Trinajstić information content (AvgIpc) is 3.05. The largest absolute Gasteiger partial charge is 0.449 e. The Bertz CT molecular complexity index is 521. The molecule has 3 atom stereocenters. The van der Waals surface area contributed by atoms with E-state index in [9.17, 15) is 14.4 Å². The molecule has 1 fully saturated rings. The molecule has 0 unspecified atom stereocenters. The highest BCUT2D eigenvalue weighted by Crippen LogP contribution is 2.52. The van der Waals surface area contributed by atoms with Crippen LogP contribution in [-0.2, 0) is 14.3 Å². The first kappa shape index (κ1) is 15.8. The van der Waals surface area contributed by atoms with E-state index in [4.69, 9.17) is 4.74 Å². The van der Waals surface area contributed by atoms with Crippen molar-refractivity contribution in [3.05, 3.63) is 24.3 Å². The molecule has 6 nitrogen and oxygen atoms in total. The molecule has 1 saturated carbocycles. The van der Waals surface area contributed by atoms with Gasteiger partial charge in [0.05, 0.1) is 6.61 Å². The van der Waals surface area contributed by atoms with E-state index in [0.717, 1.165) is 17.7 Å². The highest BCUT2D eigenvalue weighted by molar-refractivity contribution is 6.12. The number of carbonyl (C=O) groups excluding carboxylic acids is 3. The number of fused-ring (bicyclic) bond motifs is 1. The zero-order valence-electron chi connectivity index (χ0n) is 13.1. The number of amides is 3. The number of alkyl carbamates (subject to hydrolysis) is 1. The molecule has 1 N–H and O–H groups in total. The normalized spacial score (nSPS) is 30.4. The molecule has 0 aromatic rings. The lowest BCUT2D eigenvalue weighted by molar-refractivity contribution is -0.136. The third-order valence-corrected chi connectivity index (χ3v) is 4.92. The summed E-state index contributed by atoms with van der Waals surface area (Å²) in [6.45, 7) is 0.837. The maximum atomic E-state index is 11.7. The lowest BCUT2D eigenvalue weighted by Gasteiger charge is -2.14. The van der Waals surface area contributed by atoms with Crippen LogP contribution in [0.5, 0.6) is 0 Å². The molecule has 124 valence electrons. The zero-order valence-corrected chi connectivity index (χ0v) is 13.1. The Morgan fingerprint density at radius 1 is 1.13 bits per heavy atom. The first-order valence-electron chi connectivity index (χ1n) is 8.26. The lowest BCUT2D eigenvalue weighted by Crippen LogP contribution is -2.38. The SMILES string of the molecule is O=C(NCCN1C(=O)C=CC1=O)OC[C@H]1[C@@H]2CC/C=C/CC[C@@H]21. The van der Waals surface area contributed by atoms with Gasteiger partial charge in [0.1, 0.15) is 0 Å². The van der Waals surface area contributed by atoms with Crippen molar-refractivity contribution in [2.45, 2.75) is 25.7 Å².